The lowest BCUT2D eigenvalue weighted by molar-refractivity contribution is 0.612. The maximum Gasteiger partial charge on any atom is 0.180 e. The van der Waals surface area contributed by atoms with E-state index in [0.717, 1.165) is 12.2 Å². The summed E-state index contributed by atoms with van der Waals surface area (Å²) in [6.07, 6.45) is 8.89. The molecule has 1 aliphatic rings. The third-order valence-corrected chi connectivity index (χ3v) is 5.09. The standard InChI is InChI=1S/C17H23N3S/c1-12-10-15(16-11-21-17(18)19-16)13(2)20(12)9-8-14-6-4-3-5-7-14/h6,10-11H,3-5,7-9H2,1-2H3,(H2,18,19). The first-order valence-electron chi connectivity index (χ1n) is 7.71. The normalized spacial score (nSPS) is 15.2. The van der Waals surface area contributed by atoms with Gasteiger partial charge in [0.25, 0.3) is 0 Å². The van der Waals surface area contributed by atoms with Crippen molar-refractivity contribution in [3.63, 3.8) is 0 Å². The van der Waals surface area contributed by atoms with Crippen LogP contribution in [0.3, 0.4) is 0 Å². The molecule has 0 spiro atoms. The summed E-state index contributed by atoms with van der Waals surface area (Å²) in [7, 11) is 0. The van der Waals surface area contributed by atoms with E-state index in [2.05, 4.69) is 35.5 Å². The number of allylic oxidation sites excluding steroid dienone is 2. The number of hydrogen-bond acceptors (Lipinski definition) is 3. The third kappa shape index (κ3) is 3.05. The van der Waals surface area contributed by atoms with Crippen molar-refractivity contribution in [3.05, 3.63) is 34.5 Å². The molecule has 0 amide bonds. The fourth-order valence-corrected chi connectivity index (χ4v) is 3.77. The summed E-state index contributed by atoms with van der Waals surface area (Å²) in [5, 5.41) is 2.69. The second kappa shape index (κ2) is 6.06. The quantitative estimate of drug-likeness (QED) is 0.832. The molecule has 21 heavy (non-hydrogen) atoms. The van der Waals surface area contributed by atoms with E-state index < -0.39 is 0 Å². The van der Waals surface area contributed by atoms with Gasteiger partial charge in [-0.2, -0.15) is 0 Å². The molecule has 0 bridgehead atoms. The van der Waals surface area contributed by atoms with E-state index in [1.54, 1.807) is 5.57 Å². The topological polar surface area (TPSA) is 43.8 Å². The molecule has 112 valence electrons. The van der Waals surface area contributed by atoms with Gasteiger partial charge in [-0.25, -0.2) is 4.98 Å². The number of anilines is 1. The number of thiazole rings is 1. The molecule has 2 N–H and O–H groups in total. The summed E-state index contributed by atoms with van der Waals surface area (Å²) in [6.45, 7) is 5.44. The zero-order chi connectivity index (χ0) is 14.8. The lowest BCUT2D eigenvalue weighted by Gasteiger charge is -2.15. The largest absolute Gasteiger partial charge is 0.375 e. The second-order valence-corrected chi connectivity index (χ2v) is 6.76. The lowest BCUT2D eigenvalue weighted by Crippen LogP contribution is -2.05. The minimum absolute atomic E-state index is 0.641. The average molecular weight is 301 g/mol. The number of rotatable bonds is 4. The molecule has 0 radical (unpaired) electrons. The first-order chi connectivity index (χ1) is 10.1. The highest BCUT2D eigenvalue weighted by Crippen LogP contribution is 2.30. The minimum Gasteiger partial charge on any atom is -0.375 e. The van der Waals surface area contributed by atoms with Gasteiger partial charge in [0.1, 0.15) is 0 Å². The van der Waals surface area contributed by atoms with E-state index in [9.17, 15) is 0 Å². The van der Waals surface area contributed by atoms with Gasteiger partial charge < -0.3 is 10.3 Å². The Kier molecular flexibility index (Phi) is 4.15. The molecular formula is C17H23N3S. The van der Waals surface area contributed by atoms with Crippen molar-refractivity contribution in [1.82, 2.24) is 9.55 Å². The second-order valence-electron chi connectivity index (χ2n) is 5.87. The first kappa shape index (κ1) is 14.4. The van der Waals surface area contributed by atoms with Crippen molar-refractivity contribution >= 4 is 16.5 Å². The van der Waals surface area contributed by atoms with Crippen LogP contribution in [-0.4, -0.2) is 9.55 Å². The van der Waals surface area contributed by atoms with Gasteiger partial charge in [0.15, 0.2) is 5.13 Å². The van der Waals surface area contributed by atoms with E-state index >= 15 is 0 Å². The molecule has 0 aromatic carbocycles. The van der Waals surface area contributed by atoms with Gasteiger partial charge in [0.05, 0.1) is 5.69 Å². The third-order valence-electron chi connectivity index (χ3n) is 4.41. The Balaban J connectivity index is 1.79. The summed E-state index contributed by atoms with van der Waals surface area (Å²) in [6, 6.07) is 2.24. The van der Waals surface area contributed by atoms with Gasteiger partial charge >= 0.3 is 0 Å². The Morgan fingerprint density at radius 2 is 2.19 bits per heavy atom. The maximum atomic E-state index is 5.76. The van der Waals surface area contributed by atoms with Crippen LogP contribution in [0, 0.1) is 13.8 Å². The SMILES string of the molecule is Cc1cc(-c2csc(N)n2)c(C)n1CCC1=CCCCC1. The lowest BCUT2D eigenvalue weighted by atomic mass is 9.97. The Morgan fingerprint density at radius 3 is 2.86 bits per heavy atom. The summed E-state index contributed by atoms with van der Waals surface area (Å²) >= 11 is 1.51. The summed E-state index contributed by atoms with van der Waals surface area (Å²) in [5.41, 5.74) is 12.2. The molecule has 0 saturated carbocycles. The van der Waals surface area contributed by atoms with Gasteiger partial charge in [-0.3, -0.25) is 0 Å². The van der Waals surface area contributed by atoms with Gasteiger partial charge in [-0.1, -0.05) is 11.6 Å². The minimum atomic E-state index is 0.641. The molecule has 3 rings (SSSR count). The highest BCUT2D eigenvalue weighted by atomic mass is 32.1. The Morgan fingerprint density at radius 1 is 1.33 bits per heavy atom. The average Bonchev–Trinajstić information content (AvgIpc) is 3.02. The van der Waals surface area contributed by atoms with Gasteiger partial charge in [-0.15, -0.1) is 11.3 Å². The van der Waals surface area contributed by atoms with Crippen molar-refractivity contribution in [2.24, 2.45) is 0 Å². The maximum absolute atomic E-state index is 5.76. The van der Waals surface area contributed by atoms with Gasteiger partial charge in [0, 0.05) is 28.9 Å². The Hall–Kier alpha value is -1.55. The molecule has 1 aliphatic carbocycles. The van der Waals surface area contributed by atoms with Crippen molar-refractivity contribution in [2.45, 2.75) is 52.5 Å². The van der Waals surface area contributed by atoms with Crippen LogP contribution >= 0.6 is 11.3 Å². The predicted octanol–water partition coefficient (Wildman–Crippen LogP) is 4.70. The van der Waals surface area contributed by atoms with Crippen LogP contribution < -0.4 is 5.73 Å². The van der Waals surface area contributed by atoms with Crippen LogP contribution in [0.2, 0.25) is 0 Å². The molecule has 0 saturated heterocycles. The smallest absolute Gasteiger partial charge is 0.180 e. The zero-order valence-corrected chi connectivity index (χ0v) is 13.7. The highest BCUT2D eigenvalue weighted by molar-refractivity contribution is 7.13. The molecule has 2 aromatic heterocycles. The monoisotopic (exact) mass is 301 g/mol. The molecule has 4 heteroatoms. The van der Waals surface area contributed by atoms with Crippen LogP contribution in [0.25, 0.3) is 11.3 Å². The van der Waals surface area contributed by atoms with Crippen LogP contribution in [-0.2, 0) is 6.54 Å². The van der Waals surface area contributed by atoms with E-state index in [1.807, 2.05) is 5.38 Å². The number of aromatic nitrogens is 2. The van der Waals surface area contributed by atoms with Crippen LogP contribution in [0.5, 0.6) is 0 Å². The fraction of sp³-hybridized carbons (Fsp3) is 0.471. The van der Waals surface area contributed by atoms with Crippen LogP contribution in [0.15, 0.2) is 23.1 Å². The molecule has 0 unspecified atom stereocenters. The first-order valence-corrected chi connectivity index (χ1v) is 8.59. The fourth-order valence-electron chi connectivity index (χ4n) is 3.20. The number of aryl methyl sites for hydroxylation is 1. The molecule has 3 nitrogen and oxygen atoms in total. The van der Waals surface area contributed by atoms with Crippen LogP contribution in [0.4, 0.5) is 5.13 Å². The molecule has 0 aliphatic heterocycles. The van der Waals surface area contributed by atoms with Crippen molar-refractivity contribution < 1.29 is 0 Å². The summed E-state index contributed by atoms with van der Waals surface area (Å²) < 4.78 is 2.42. The van der Waals surface area contributed by atoms with E-state index in [4.69, 9.17) is 5.73 Å². The zero-order valence-electron chi connectivity index (χ0n) is 12.9. The van der Waals surface area contributed by atoms with E-state index in [1.165, 1.54) is 60.4 Å². The molecular weight excluding hydrogens is 278 g/mol. The number of nitrogens with two attached hydrogens (primary N) is 1. The Bertz CT molecular complexity index is 664. The van der Waals surface area contributed by atoms with Crippen molar-refractivity contribution in [3.8, 4) is 11.3 Å². The van der Waals surface area contributed by atoms with E-state index in [-0.39, 0.29) is 0 Å². The number of hydrogen-bond donors (Lipinski definition) is 1. The van der Waals surface area contributed by atoms with Gasteiger partial charge in [0.2, 0.25) is 0 Å². The van der Waals surface area contributed by atoms with E-state index in [0.29, 0.717) is 5.13 Å². The molecule has 0 fully saturated rings. The van der Waals surface area contributed by atoms with Crippen molar-refractivity contribution in [2.75, 3.05) is 5.73 Å². The summed E-state index contributed by atoms with van der Waals surface area (Å²) in [4.78, 5) is 4.42. The Labute approximate surface area is 130 Å². The number of nitrogens with zero attached hydrogens (tertiary/aromatic N) is 2. The van der Waals surface area contributed by atoms with Crippen molar-refractivity contribution in [1.29, 1.82) is 0 Å². The molecule has 2 aromatic rings. The van der Waals surface area contributed by atoms with Crippen LogP contribution in [0.1, 0.15) is 43.5 Å². The van der Waals surface area contributed by atoms with Gasteiger partial charge in [-0.05, 0) is 52.0 Å². The molecule has 2 heterocycles. The number of nitrogen functional groups attached to an aromatic ring is 1. The highest BCUT2D eigenvalue weighted by Gasteiger charge is 2.13. The summed E-state index contributed by atoms with van der Waals surface area (Å²) in [5.74, 6) is 0. The molecule has 0 atom stereocenters. The predicted molar refractivity (Wildman–Crippen MR) is 90.6 cm³/mol.